The summed E-state index contributed by atoms with van der Waals surface area (Å²) in [5, 5.41) is 3.37. The molecule has 1 unspecified atom stereocenters. The van der Waals surface area contributed by atoms with Crippen LogP contribution in [0.15, 0.2) is 24.7 Å². The first-order valence-corrected chi connectivity index (χ1v) is 6.53. The van der Waals surface area contributed by atoms with E-state index in [0.29, 0.717) is 6.04 Å². The van der Waals surface area contributed by atoms with Crippen LogP contribution in [0.5, 0.6) is 0 Å². The van der Waals surface area contributed by atoms with Crippen molar-refractivity contribution in [2.45, 2.75) is 25.4 Å². The van der Waals surface area contributed by atoms with E-state index in [0.717, 1.165) is 24.6 Å². The molecule has 0 bridgehead atoms. The number of fused-ring (bicyclic) bond motifs is 1. The zero-order valence-electron chi connectivity index (χ0n) is 11.1. The van der Waals surface area contributed by atoms with Crippen LogP contribution in [-0.4, -0.2) is 45.4 Å². The molecule has 0 spiro atoms. The highest BCUT2D eigenvalue weighted by Gasteiger charge is 2.19. The van der Waals surface area contributed by atoms with Gasteiger partial charge in [-0.25, -0.2) is 9.97 Å². The second-order valence-corrected chi connectivity index (χ2v) is 4.92. The normalized spacial score (nSPS) is 20.4. The van der Waals surface area contributed by atoms with E-state index in [4.69, 9.17) is 0 Å². The summed E-state index contributed by atoms with van der Waals surface area (Å²) in [6.07, 6.45) is 8.39. The van der Waals surface area contributed by atoms with E-state index in [2.05, 4.69) is 26.4 Å². The maximum Gasteiger partial charge on any atom is 0.233 e. The fraction of sp³-hybridized carbons (Fsp3) is 0.538. The minimum Gasteiger partial charge on any atom is -0.316 e. The number of hydrogen-bond donors (Lipinski definition) is 1. The smallest absolute Gasteiger partial charge is 0.233 e. The molecular formula is C13H20ClN5. The molecule has 1 aliphatic rings. The largest absolute Gasteiger partial charge is 0.316 e. The van der Waals surface area contributed by atoms with Crippen molar-refractivity contribution in [2.24, 2.45) is 0 Å². The molecule has 3 rings (SSSR count). The second kappa shape index (κ2) is 6.32. The van der Waals surface area contributed by atoms with Gasteiger partial charge in [-0.3, -0.25) is 9.30 Å². The number of piperidine rings is 1. The minimum atomic E-state index is 0. The van der Waals surface area contributed by atoms with Crippen molar-refractivity contribution in [2.75, 3.05) is 20.1 Å². The van der Waals surface area contributed by atoms with E-state index in [-0.39, 0.29) is 12.4 Å². The first-order chi connectivity index (χ1) is 8.85. The van der Waals surface area contributed by atoms with Gasteiger partial charge < -0.3 is 5.32 Å². The number of nitrogens with zero attached hydrogens (tertiary/aromatic N) is 4. The molecule has 1 aliphatic heterocycles. The Morgan fingerprint density at radius 3 is 3.16 bits per heavy atom. The van der Waals surface area contributed by atoms with Gasteiger partial charge in [-0.2, -0.15) is 0 Å². The van der Waals surface area contributed by atoms with Gasteiger partial charge in [0.1, 0.15) is 0 Å². The van der Waals surface area contributed by atoms with E-state index < -0.39 is 0 Å². The third-order valence-electron chi connectivity index (χ3n) is 3.58. The lowest BCUT2D eigenvalue weighted by Crippen LogP contribution is -2.43. The van der Waals surface area contributed by atoms with Crippen LogP contribution in [0.1, 0.15) is 18.5 Å². The lowest BCUT2D eigenvalue weighted by atomic mass is 10.1. The lowest BCUT2D eigenvalue weighted by Gasteiger charge is -2.31. The molecule has 1 N–H and O–H groups in total. The topological polar surface area (TPSA) is 45.5 Å². The van der Waals surface area contributed by atoms with Crippen molar-refractivity contribution < 1.29 is 0 Å². The molecule has 0 amide bonds. The van der Waals surface area contributed by atoms with Gasteiger partial charge in [0.15, 0.2) is 0 Å². The van der Waals surface area contributed by atoms with Gasteiger partial charge in [-0.05, 0) is 32.5 Å². The van der Waals surface area contributed by atoms with Crippen molar-refractivity contribution in [3.05, 3.63) is 30.4 Å². The molecular weight excluding hydrogens is 262 g/mol. The molecule has 1 atom stereocenters. The molecule has 2 aromatic rings. The zero-order chi connectivity index (χ0) is 12.4. The van der Waals surface area contributed by atoms with E-state index in [1.165, 1.54) is 19.4 Å². The number of likely N-dealkylation sites (N-methyl/N-ethyl adjacent to an activating group) is 1. The number of likely N-dealkylation sites (tertiary alicyclic amines) is 1. The Hall–Kier alpha value is -1.17. The molecule has 0 saturated carbocycles. The Kier molecular flexibility index (Phi) is 4.74. The zero-order valence-corrected chi connectivity index (χ0v) is 11.9. The van der Waals surface area contributed by atoms with Gasteiger partial charge in [0.2, 0.25) is 5.78 Å². The Balaban J connectivity index is 0.00000133. The first kappa shape index (κ1) is 14.2. The minimum absolute atomic E-state index is 0. The summed E-state index contributed by atoms with van der Waals surface area (Å²) in [5.74, 6) is 0.787. The van der Waals surface area contributed by atoms with Crippen molar-refractivity contribution in [1.29, 1.82) is 0 Å². The molecule has 0 aliphatic carbocycles. The molecule has 19 heavy (non-hydrogen) atoms. The molecule has 0 radical (unpaired) electrons. The number of rotatable bonds is 3. The standard InChI is InChI=1S/C13H19N5.ClH/c1-14-11-4-2-6-17(8-11)9-12-10-18-7-3-5-15-13(18)16-12;/h3,5,7,10-11,14H,2,4,6,8-9H2,1H3;1H. The number of aromatic nitrogens is 3. The van der Waals surface area contributed by atoms with E-state index in [1.54, 1.807) is 6.20 Å². The van der Waals surface area contributed by atoms with E-state index in [1.807, 2.05) is 23.7 Å². The molecule has 1 saturated heterocycles. The predicted molar refractivity (Wildman–Crippen MR) is 77.6 cm³/mol. The summed E-state index contributed by atoms with van der Waals surface area (Å²) in [6.45, 7) is 3.19. The van der Waals surface area contributed by atoms with Crippen LogP contribution in [0.4, 0.5) is 0 Å². The van der Waals surface area contributed by atoms with Crippen LogP contribution in [0.3, 0.4) is 0 Å². The van der Waals surface area contributed by atoms with Gasteiger partial charge in [0, 0.05) is 37.7 Å². The van der Waals surface area contributed by atoms with E-state index in [9.17, 15) is 0 Å². The average Bonchev–Trinajstić information content (AvgIpc) is 2.81. The summed E-state index contributed by atoms with van der Waals surface area (Å²) < 4.78 is 1.98. The number of nitrogens with one attached hydrogen (secondary N) is 1. The second-order valence-electron chi connectivity index (χ2n) is 4.92. The van der Waals surface area contributed by atoms with Crippen molar-refractivity contribution in [1.82, 2.24) is 24.6 Å². The highest BCUT2D eigenvalue weighted by molar-refractivity contribution is 5.85. The van der Waals surface area contributed by atoms with Crippen LogP contribution >= 0.6 is 12.4 Å². The Morgan fingerprint density at radius 1 is 1.47 bits per heavy atom. The summed E-state index contributed by atoms with van der Waals surface area (Å²) in [7, 11) is 2.04. The SMILES string of the molecule is CNC1CCCN(Cc2cn3cccnc3n2)C1.Cl. The van der Waals surface area contributed by atoms with Gasteiger partial charge in [-0.1, -0.05) is 0 Å². The summed E-state index contributed by atoms with van der Waals surface area (Å²) in [5.41, 5.74) is 1.10. The van der Waals surface area contributed by atoms with Crippen molar-refractivity contribution in [3.63, 3.8) is 0 Å². The fourth-order valence-corrected chi connectivity index (χ4v) is 2.62. The van der Waals surface area contributed by atoms with Gasteiger partial charge >= 0.3 is 0 Å². The van der Waals surface area contributed by atoms with Gasteiger partial charge in [0.05, 0.1) is 5.69 Å². The summed E-state index contributed by atoms with van der Waals surface area (Å²) in [6, 6.07) is 2.55. The predicted octanol–water partition coefficient (Wildman–Crippen LogP) is 1.33. The highest BCUT2D eigenvalue weighted by Crippen LogP contribution is 2.13. The Bertz CT molecular complexity index is 493. The summed E-state index contributed by atoms with van der Waals surface area (Å²) in [4.78, 5) is 11.3. The van der Waals surface area contributed by atoms with Gasteiger partial charge in [-0.15, -0.1) is 12.4 Å². The molecule has 104 valence electrons. The van der Waals surface area contributed by atoms with Crippen LogP contribution in [0, 0.1) is 0 Å². The maximum absolute atomic E-state index is 4.55. The first-order valence-electron chi connectivity index (χ1n) is 6.53. The fourth-order valence-electron chi connectivity index (χ4n) is 2.62. The molecule has 2 aromatic heterocycles. The lowest BCUT2D eigenvalue weighted by molar-refractivity contribution is 0.186. The third-order valence-corrected chi connectivity index (χ3v) is 3.58. The number of imidazole rings is 1. The monoisotopic (exact) mass is 281 g/mol. The third kappa shape index (κ3) is 3.23. The van der Waals surface area contributed by atoms with Crippen LogP contribution in [0.25, 0.3) is 5.78 Å². The highest BCUT2D eigenvalue weighted by atomic mass is 35.5. The molecule has 6 heteroatoms. The Labute approximate surface area is 119 Å². The maximum atomic E-state index is 4.55. The van der Waals surface area contributed by atoms with Crippen LogP contribution in [0.2, 0.25) is 0 Å². The van der Waals surface area contributed by atoms with E-state index >= 15 is 0 Å². The average molecular weight is 282 g/mol. The van der Waals surface area contributed by atoms with Gasteiger partial charge in [0.25, 0.3) is 0 Å². The summed E-state index contributed by atoms with van der Waals surface area (Å²) >= 11 is 0. The Morgan fingerprint density at radius 2 is 2.37 bits per heavy atom. The molecule has 5 nitrogen and oxygen atoms in total. The molecule has 3 heterocycles. The quantitative estimate of drug-likeness (QED) is 0.922. The van der Waals surface area contributed by atoms with Crippen molar-refractivity contribution >= 4 is 18.2 Å². The number of hydrogen-bond acceptors (Lipinski definition) is 4. The number of halogens is 1. The van der Waals surface area contributed by atoms with Crippen LogP contribution < -0.4 is 5.32 Å². The molecule has 0 aromatic carbocycles. The van der Waals surface area contributed by atoms with Crippen molar-refractivity contribution in [3.8, 4) is 0 Å². The van der Waals surface area contributed by atoms with Crippen LogP contribution in [-0.2, 0) is 6.54 Å². The molecule has 1 fully saturated rings.